The predicted molar refractivity (Wildman–Crippen MR) is 83.2 cm³/mol. The third-order valence-electron chi connectivity index (χ3n) is 3.55. The lowest BCUT2D eigenvalue weighted by Crippen LogP contribution is -2.26. The van der Waals surface area contributed by atoms with E-state index in [1.807, 2.05) is 0 Å². The topological polar surface area (TPSA) is 97.4 Å². The summed E-state index contributed by atoms with van der Waals surface area (Å²) in [7, 11) is -7.33. The SMILES string of the molecule is C=CCNC(=O)c1cc(S(=O)(=O)[C@@H]2CCS(=O)(=O)C2)ccc1F. The molecular formula is C14H16FNO5S2. The Morgan fingerprint density at radius 3 is 2.70 bits per heavy atom. The fourth-order valence-electron chi connectivity index (χ4n) is 2.31. The van der Waals surface area contributed by atoms with Crippen LogP contribution in [0.25, 0.3) is 0 Å². The second kappa shape index (κ2) is 6.40. The van der Waals surface area contributed by atoms with Crippen LogP contribution in [0.1, 0.15) is 16.8 Å². The van der Waals surface area contributed by atoms with Crippen LogP contribution in [0.4, 0.5) is 4.39 Å². The lowest BCUT2D eigenvalue weighted by molar-refractivity contribution is 0.0953. The Bertz CT molecular complexity index is 846. The molecule has 0 aliphatic carbocycles. The van der Waals surface area contributed by atoms with E-state index in [1.54, 1.807) is 0 Å². The summed E-state index contributed by atoms with van der Waals surface area (Å²) in [6, 6.07) is 2.87. The van der Waals surface area contributed by atoms with Crippen molar-refractivity contribution in [2.24, 2.45) is 0 Å². The van der Waals surface area contributed by atoms with Gasteiger partial charge in [-0.2, -0.15) is 0 Å². The van der Waals surface area contributed by atoms with Gasteiger partial charge in [-0.15, -0.1) is 6.58 Å². The Labute approximate surface area is 134 Å². The fraction of sp³-hybridized carbons (Fsp3) is 0.357. The maximum Gasteiger partial charge on any atom is 0.254 e. The Kier molecular flexibility index (Phi) is 4.90. The third kappa shape index (κ3) is 3.78. The molecule has 2 rings (SSSR count). The zero-order valence-corrected chi connectivity index (χ0v) is 13.8. The van der Waals surface area contributed by atoms with E-state index in [9.17, 15) is 26.0 Å². The minimum atomic E-state index is -3.95. The molecule has 23 heavy (non-hydrogen) atoms. The summed E-state index contributed by atoms with van der Waals surface area (Å²) in [5, 5.41) is 1.30. The number of amides is 1. The molecule has 1 N–H and O–H groups in total. The summed E-state index contributed by atoms with van der Waals surface area (Å²) < 4.78 is 61.7. The lowest BCUT2D eigenvalue weighted by atomic mass is 10.2. The number of hydrogen-bond acceptors (Lipinski definition) is 5. The van der Waals surface area contributed by atoms with E-state index >= 15 is 0 Å². The summed E-state index contributed by atoms with van der Waals surface area (Å²) in [5.74, 6) is -2.27. The number of benzene rings is 1. The number of carbonyl (C=O) groups excluding carboxylic acids is 1. The average Bonchev–Trinajstić information content (AvgIpc) is 2.86. The molecular weight excluding hydrogens is 345 g/mol. The van der Waals surface area contributed by atoms with Crippen molar-refractivity contribution in [3.05, 3.63) is 42.2 Å². The molecule has 0 saturated carbocycles. The monoisotopic (exact) mass is 361 g/mol. The van der Waals surface area contributed by atoms with Crippen molar-refractivity contribution in [3.8, 4) is 0 Å². The van der Waals surface area contributed by atoms with E-state index in [2.05, 4.69) is 11.9 Å². The molecule has 0 radical (unpaired) electrons. The molecule has 1 amide bonds. The normalized spacial score (nSPS) is 20.1. The summed E-state index contributed by atoms with van der Waals surface area (Å²) in [6.07, 6.45) is 1.40. The van der Waals surface area contributed by atoms with E-state index in [-0.39, 0.29) is 23.6 Å². The maximum absolute atomic E-state index is 13.8. The highest BCUT2D eigenvalue weighted by atomic mass is 32.2. The van der Waals surface area contributed by atoms with E-state index in [0.717, 1.165) is 18.2 Å². The molecule has 1 saturated heterocycles. The van der Waals surface area contributed by atoms with Crippen LogP contribution in [0.3, 0.4) is 0 Å². The third-order valence-corrected chi connectivity index (χ3v) is 7.72. The second-order valence-corrected chi connectivity index (χ2v) is 9.67. The van der Waals surface area contributed by atoms with Gasteiger partial charge in [0.1, 0.15) is 5.82 Å². The molecule has 9 heteroatoms. The standard InChI is InChI=1S/C14H16FNO5S2/c1-2-6-16-14(17)12-8-10(3-4-13(12)15)23(20,21)11-5-7-22(18,19)9-11/h2-4,8,11H,1,5-7,9H2,(H,16,17)/t11-/m1/s1. The number of halogens is 1. The van der Waals surface area contributed by atoms with Gasteiger partial charge in [0.25, 0.3) is 5.91 Å². The van der Waals surface area contributed by atoms with Gasteiger partial charge in [0, 0.05) is 6.54 Å². The van der Waals surface area contributed by atoms with Crippen LogP contribution in [0, 0.1) is 5.82 Å². The van der Waals surface area contributed by atoms with Gasteiger partial charge in [-0.1, -0.05) is 6.08 Å². The van der Waals surface area contributed by atoms with Crippen molar-refractivity contribution >= 4 is 25.6 Å². The molecule has 0 spiro atoms. The van der Waals surface area contributed by atoms with Crippen molar-refractivity contribution in [2.45, 2.75) is 16.6 Å². The largest absolute Gasteiger partial charge is 0.348 e. The molecule has 6 nitrogen and oxygen atoms in total. The Balaban J connectivity index is 2.37. The Morgan fingerprint density at radius 2 is 2.13 bits per heavy atom. The maximum atomic E-state index is 13.8. The first kappa shape index (κ1) is 17.6. The molecule has 1 heterocycles. The van der Waals surface area contributed by atoms with Gasteiger partial charge in [-0.3, -0.25) is 4.79 Å². The molecule has 0 unspecified atom stereocenters. The molecule has 1 atom stereocenters. The summed E-state index contributed by atoms with van der Waals surface area (Å²) >= 11 is 0. The first-order chi connectivity index (χ1) is 10.7. The van der Waals surface area contributed by atoms with Crippen LogP contribution in [0.5, 0.6) is 0 Å². The average molecular weight is 361 g/mol. The highest BCUT2D eigenvalue weighted by Crippen LogP contribution is 2.26. The van der Waals surface area contributed by atoms with E-state index in [0.29, 0.717) is 0 Å². The molecule has 126 valence electrons. The van der Waals surface area contributed by atoms with Crippen LogP contribution in [-0.4, -0.2) is 46.0 Å². The van der Waals surface area contributed by atoms with Gasteiger partial charge < -0.3 is 5.32 Å². The van der Waals surface area contributed by atoms with Gasteiger partial charge in [0.15, 0.2) is 19.7 Å². The molecule has 1 aliphatic heterocycles. The number of hydrogen-bond donors (Lipinski definition) is 1. The van der Waals surface area contributed by atoms with Crippen molar-refractivity contribution < 1.29 is 26.0 Å². The van der Waals surface area contributed by atoms with Crippen molar-refractivity contribution in [1.82, 2.24) is 5.32 Å². The number of nitrogens with one attached hydrogen (secondary N) is 1. The van der Waals surface area contributed by atoms with Crippen LogP contribution in [0.2, 0.25) is 0 Å². The molecule has 0 bridgehead atoms. The van der Waals surface area contributed by atoms with Gasteiger partial charge in [-0.25, -0.2) is 21.2 Å². The minimum absolute atomic E-state index is 0.0000367. The first-order valence-corrected chi connectivity index (χ1v) is 10.2. The number of rotatable bonds is 5. The molecule has 1 aliphatic rings. The van der Waals surface area contributed by atoms with Crippen molar-refractivity contribution in [2.75, 3.05) is 18.1 Å². The predicted octanol–water partition coefficient (Wildman–Crippen LogP) is 0.702. The number of carbonyl (C=O) groups is 1. The highest BCUT2D eigenvalue weighted by Gasteiger charge is 2.38. The molecule has 1 fully saturated rings. The van der Waals surface area contributed by atoms with E-state index in [1.165, 1.54) is 6.08 Å². The first-order valence-electron chi connectivity index (χ1n) is 6.80. The fourth-order valence-corrected chi connectivity index (χ4v) is 6.70. The summed E-state index contributed by atoms with van der Waals surface area (Å²) in [5.41, 5.74) is -0.409. The summed E-state index contributed by atoms with van der Waals surface area (Å²) in [6.45, 7) is 3.52. The molecule has 0 aromatic heterocycles. The quantitative estimate of drug-likeness (QED) is 0.615. The minimum Gasteiger partial charge on any atom is -0.348 e. The van der Waals surface area contributed by atoms with Gasteiger partial charge >= 0.3 is 0 Å². The van der Waals surface area contributed by atoms with Crippen molar-refractivity contribution in [3.63, 3.8) is 0 Å². The van der Waals surface area contributed by atoms with Crippen LogP contribution < -0.4 is 5.32 Å². The van der Waals surface area contributed by atoms with Crippen LogP contribution >= 0.6 is 0 Å². The Hall–Kier alpha value is -1.74. The highest BCUT2D eigenvalue weighted by molar-refractivity contribution is 7.96. The lowest BCUT2D eigenvalue weighted by Gasteiger charge is -2.12. The zero-order chi connectivity index (χ0) is 17.3. The molecule has 1 aromatic rings. The second-order valence-electron chi connectivity index (χ2n) is 5.21. The Morgan fingerprint density at radius 1 is 1.43 bits per heavy atom. The number of sulfone groups is 2. The smallest absolute Gasteiger partial charge is 0.254 e. The van der Waals surface area contributed by atoms with Gasteiger partial charge in [0.2, 0.25) is 0 Å². The van der Waals surface area contributed by atoms with Crippen molar-refractivity contribution in [1.29, 1.82) is 0 Å². The van der Waals surface area contributed by atoms with Gasteiger partial charge in [-0.05, 0) is 24.6 Å². The summed E-state index contributed by atoms with van der Waals surface area (Å²) in [4.78, 5) is 11.6. The van der Waals surface area contributed by atoms with E-state index < -0.39 is 48.0 Å². The molecule has 1 aromatic carbocycles. The van der Waals surface area contributed by atoms with E-state index in [4.69, 9.17) is 0 Å². The zero-order valence-electron chi connectivity index (χ0n) is 12.2. The van der Waals surface area contributed by atoms with Gasteiger partial charge in [0.05, 0.1) is 27.2 Å². The van der Waals surface area contributed by atoms with Crippen LogP contribution in [-0.2, 0) is 19.7 Å². The van der Waals surface area contributed by atoms with Crippen LogP contribution in [0.15, 0.2) is 35.7 Å².